The number of nitriles is 1. The molecular weight excluding hydrogens is 1670 g/mol. The Balaban J connectivity index is -0.0000000575. The van der Waals surface area contributed by atoms with Crippen LogP contribution >= 0.6 is 0 Å². The molecule has 0 aromatic rings. The molecule has 0 aromatic carbocycles. The van der Waals surface area contributed by atoms with Crippen molar-refractivity contribution in [3.63, 3.8) is 0 Å². The summed E-state index contributed by atoms with van der Waals surface area (Å²) in [5.41, 5.74) is 0. The average Bonchev–Trinajstić information content (AvgIpc) is 2.98. The molecule has 2 unspecified atom stereocenters. The van der Waals surface area contributed by atoms with E-state index in [0.29, 0.717) is 13.0 Å². The van der Waals surface area contributed by atoms with Crippen molar-refractivity contribution >= 4 is 0 Å². The summed E-state index contributed by atoms with van der Waals surface area (Å²) in [4.78, 5) is 0. The maximum absolute atomic E-state index is 8.98. The number of aliphatic hydroxyl groups excluding tert-OH is 6. The van der Waals surface area contributed by atoms with Crippen LogP contribution in [0, 0.1) is 68.2 Å². The summed E-state index contributed by atoms with van der Waals surface area (Å²) in [6, 6.07) is 1.92. The van der Waals surface area contributed by atoms with Crippen LogP contribution in [0.4, 0.5) is 0 Å². The Labute approximate surface area is 269 Å². The molecule has 0 radical (unpaired) electrons. The summed E-state index contributed by atoms with van der Waals surface area (Å²) in [5, 5.41) is 60.4. The zero-order chi connectivity index (χ0) is 35.6. The minimum absolute atomic E-state index is 0. The standard InChI is InChI=1S/C7H12NO3.C6H13O4.3C5H10O3.4Rf/c1-10-5-7(9)6-11-4-2-3-8;1-9-4-6(8)5-10-3-2-7;3*1-7-3-5(6)4-8-2;;;;/h7,9H,1-2,4-6H2;6-8H,1-5H2;3*5-6H,1-4H2;;;;/q2*-1;3*-2;;;;. The van der Waals surface area contributed by atoms with Gasteiger partial charge in [0.25, 0.3) is 0 Å². The van der Waals surface area contributed by atoms with Crippen LogP contribution < -0.4 is 0 Å². The molecule has 0 amide bonds. The van der Waals surface area contributed by atoms with E-state index in [1.165, 1.54) is 0 Å². The molecule has 0 rings (SSSR count). The van der Waals surface area contributed by atoms with Crippen molar-refractivity contribution in [3.8, 4) is 6.07 Å². The van der Waals surface area contributed by atoms with Crippen molar-refractivity contribution in [2.75, 3.05) is 85.9 Å². The fraction of sp³-hybridized carbons (Fsp3) is 0.679. The molecule has 0 fully saturated rings. The van der Waals surface area contributed by atoms with Gasteiger partial charge in [-0.3, -0.25) is 0 Å². The van der Waals surface area contributed by atoms with Gasteiger partial charge in [0.15, 0.2) is 0 Å². The average molecular weight is 1730 g/mol. The molecule has 0 saturated heterocycles. The molecule has 49 heavy (non-hydrogen) atoms. The largest absolute Gasteiger partial charge is 0.553 e. The van der Waals surface area contributed by atoms with E-state index in [2.05, 4.69) is 94.8 Å². The third kappa shape index (κ3) is 80.3. The maximum Gasteiger partial charge on any atom is 0.0976 e. The van der Waals surface area contributed by atoms with E-state index in [-0.39, 0.29) is 79.3 Å². The smallest absolute Gasteiger partial charge is 0.0976 e. The normalized spacial score (nSPS) is 10.7. The summed E-state index contributed by atoms with van der Waals surface area (Å²) in [6.45, 7) is 2.39. The van der Waals surface area contributed by atoms with Gasteiger partial charge in [0, 0.05) is 52.9 Å². The predicted molar refractivity (Wildman–Crippen MR) is 159 cm³/mol. The number of aliphatic hydroxyl groups is 6. The van der Waals surface area contributed by atoms with E-state index in [9.17, 15) is 0 Å². The van der Waals surface area contributed by atoms with Gasteiger partial charge in [-0.15, -0.1) is 0 Å². The fourth-order valence-corrected chi connectivity index (χ4v) is 1.95. The minimum atomic E-state index is -0.649. The van der Waals surface area contributed by atoms with Gasteiger partial charge in [-0.05, 0) is 0 Å². The number of rotatable bonds is 24. The summed E-state index contributed by atoms with van der Waals surface area (Å²) in [5.74, 6) is 0. The Hall–Kier alpha value is -5.15. The quantitative estimate of drug-likeness (QED) is 0.0510. The van der Waals surface area contributed by atoms with Crippen molar-refractivity contribution in [2.45, 2.75) is 36.9 Å². The third-order valence-electron chi connectivity index (χ3n) is 3.70. The molecule has 0 heterocycles. The Morgan fingerprint density at radius 3 is 0.796 bits per heavy atom. The Morgan fingerprint density at radius 1 is 0.408 bits per heavy atom. The summed E-state index contributed by atoms with van der Waals surface area (Å²) >= 11 is 0. The summed E-state index contributed by atoms with van der Waals surface area (Å²) in [6.07, 6.45) is -2.77. The maximum atomic E-state index is 8.98. The van der Waals surface area contributed by atoms with Crippen molar-refractivity contribution in [1.29, 1.82) is 5.26 Å². The molecule has 0 saturated carbocycles. The molecule has 0 aliphatic rings. The predicted octanol–water partition coefficient (Wildman–Crippen LogP) is -0.859. The van der Waals surface area contributed by atoms with Crippen molar-refractivity contribution in [3.05, 3.63) is 56.9 Å². The topological polar surface area (TPSA) is 237 Å². The van der Waals surface area contributed by atoms with Gasteiger partial charge >= 0.3 is 0 Å². The number of ether oxygens (including phenoxy) is 10. The van der Waals surface area contributed by atoms with E-state index in [1.54, 1.807) is 0 Å². The van der Waals surface area contributed by atoms with E-state index in [4.69, 9.17) is 45.4 Å². The summed E-state index contributed by atoms with van der Waals surface area (Å²) in [7, 11) is 24.6. The molecule has 0 spiro atoms. The van der Waals surface area contributed by atoms with Crippen LogP contribution in [0.1, 0.15) is 6.42 Å². The second-order valence-electron chi connectivity index (χ2n) is 8.02. The van der Waals surface area contributed by atoms with Gasteiger partial charge in [0.05, 0.1) is 76.0 Å². The molecule has 0 aromatic heterocycles. The molecular formula is C28H55NO16Rf4-8. The van der Waals surface area contributed by atoms with Crippen LogP contribution in [0.3, 0.4) is 0 Å². The van der Waals surface area contributed by atoms with Crippen LogP contribution in [0.25, 0.3) is 0 Å². The van der Waals surface area contributed by atoms with Gasteiger partial charge in [0.1, 0.15) is 0 Å². The molecule has 0 aliphatic heterocycles. The van der Waals surface area contributed by atoms with Crippen molar-refractivity contribution < 1.29 is 78.0 Å². The zero-order valence-electron chi connectivity index (χ0n) is 29.0. The van der Waals surface area contributed by atoms with Crippen LogP contribution in [0.2, 0.25) is 0 Å². The van der Waals surface area contributed by atoms with Gasteiger partial charge < -0.3 is 78.0 Å². The Morgan fingerprint density at radius 2 is 0.612 bits per heavy atom. The molecule has 17 nitrogen and oxygen atoms in total. The molecule has 2 atom stereocenters. The second kappa shape index (κ2) is 61.8. The van der Waals surface area contributed by atoms with E-state index >= 15 is 0 Å². The first-order valence-electron chi connectivity index (χ1n) is 13.0. The van der Waals surface area contributed by atoms with E-state index in [0.717, 1.165) is 0 Å². The molecule has 6 N–H and O–H groups in total. The van der Waals surface area contributed by atoms with Crippen LogP contribution in [0.15, 0.2) is 0 Å². The zero-order valence-corrected chi connectivity index (χ0v) is 54.6. The third-order valence-corrected chi connectivity index (χ3v) is 3.70. The Bertz CT molecular complexity index is 502. The van der Waals surface area contributed by atoms with E-state index in [1.807, 2.05) is 6.07 Å². The number of nitrogens with zero attached hydrogens (tertiary/aromatic N) is 1. The first-order chi connectivity index (χ1) is 21.5. The number of hydrogen-bond donors (Lipinski definition) is 6. The summed E-state index contributed by atoms with van der Waals surface area (Å²) < 4.78 is 44.6. The minimum Gasteiger partial charge on any atom is -0.553 e. The Kier molecular flexibility index (Phi) is 83.6. The van der Waals surface area contributed by atoms with Gasteiger partial charge in [-0.2, -0.15) is 5.26 Å². The van der Waals surface area contributed by atoms with Crippen molar-refractivity contribution in [2.24, 2.45) is 0 Å². The fourth-order valence-electron chi connectivity index (χ4n) is 1.95. The molecule has 284 valence electrons. The molecule has 0 aliphatic carbocycles. The van der Waals surface area contributed by atoms with Gasteiger partial charge in [-0.1, -0.05) is 0 Å². The SMILES string of the molecule is [CH2-]OCC(O)COCCC#N.[CH2-]OCC(O)COCCO.[CH2-]OCC(O)CO[CH2-].[CH2-]OCC(O)CO[CH2-].[CH2-]OCC(O)CO[CH2-].[Rf].[Rf].[Rf].[Rf]. The van der Waals surface area contributed by atoms with Crippen LogP contribution in [-0.4, -0.2) is 147 Å². The van der Waals surface area contributed by atoms with Crippen molar-refractivity contribution in [1.82, 2.24) is 0 Å². The van der Waals surface area contributed by atoms with Gasteiger partial charge in [-0.25, -0.2) is 56.9 Å². The van der Waals surface area contributed by atoms with Crippen LogP contribution in [-0.2, 0) is 47.4 Å². The first-order valence-corrected chi connectivity index (χ1v) is 13.0. The monoisotopic (exact) mass is 1730 g/mol. The van der Waals surface area contributed by atoms with Gasteiger partial charge in [0.2, 0.25) is 0 Å². The number of hydrogen-bond acceptors (Lipinski definition) is 17. The van der Waals surface area contributed by atoms with E-state index < -0.39 is 30.5 Å². The second-order valence-corrected chi connectivity index (χ2v) is 8.02. The molecule has 21 heteroatoms. The first kappa shape index (κ1) is 66.3. The molecule has 0 bridgehead atoms. The van der Waals surface area contributed by atoms with Crippen LogP contribution in [0.5, 0.6) is 0 Å².